The largest absolute Gasteiger partial charge is 0.456 e. The zero-order valence-electron chi connectivity index (χ0n) is 13.5. The highest BCUT2D eigenvalue weighted by Crippen LogP contribution is 2.32. The Morgan fingerprint density at radius 2 is 1.88 bits per heavy atom. The Morgan fingerprint density at radius 3 is 2.50 bits per heavy atom. The van der Waals surface area contributed by atoms with E-state index in [1.54, 1.807) is 18.2 Å². The number of hydrogen-bond donors (Lipinski definition) is 2. The van der Waals surface area contributed by atoms with E-state index in [0.29, 0.717) is 23.2 Å². The molecule has 124 valence electrons. The van der Waals surface area contributed by atoms with E-state index in [1.807, 2.05) is 26.0 Å². The third-order valence-electron chi connectivity index (χ3n) is 3.86. The number of carbonyl (C=O) groups excluding carboxylic acids is 2. The average Bonchev–Trinajstić information content (AvgIpc) is 3.19. The van der Waals surface area contributed by atoms with Crippen LogP contribution in [0.2, 0.25) is 0 Å². The number of amides is 2. The second kappa shape index (κ2) is 6.23. The van der Waals surface area contributed by atoms with Crippen LogP contribution in [0.3, 0.4) is 0 Å². The van der Waals surface area contributed by atoms with Crippen LogP contribution in [0, 0.1) is 0 Å². The molecule has 0 spiro atoms. The average molecular weight is 326 g/mol. The number of anilines is 1. The van der Waals surface area contributed by atoms with Gasteiger partial charge < -0.3 is 19.9 Å². The van der Waals surface area contributed by atoms with Gasteiger partial charge in [0.25, 0.3) is 11.8 Å². The molecule has 0 unspecified atom stereocenters. The molecule has 1 aromatic carbocycles. The maximum absolute atomic E-state index is 12.4. The molecule has 0 aliphatic heterocycles. The van der Waals surface area contributed by atoms with Crippen LogP contribution in [0.4, 0.5) is 5.69 Å². The smallest absolute Gasteiger partial charge is 0.291 e. The number of nitrogens with two attached hydrogens (primary N) is 1. The third-order valence-corrected chi connectivity index (χ3v) is 3.86. The summed E-state index contributed by atoms with van der Waals surface area (Å²) >= 11 is 0. The molecule has 2 amide bonds. The Labute approximate surface area is 138 Å². The number of carbonyl (C=O) groups is 2. The zero-order chi connectivity index (χ0) is 17.3. The Bertz CT molecular complexity index is 920. The monoisotopic (exact) mass is 326 g/mol. The summed E-state index contributed by atoms with van der Waals surface area (Å²) in [6, 6.07) is 8.89. The van der Waals surface area contributed by atoms with Crippen molar-refractivity contribution < 1.29 is 18.4 Å². The highest BCUT2D eigenvalue weighted by molar-refractivity contribution is 6.13. The van der Waals surface area contributed by atoms with Crippen molar-refractivity contribution in [2.75, 3.05) is 5.32 Å². The zero-order valence-corrected chi connectivity index (χ0v) is 13.5. The summed E-state index contributed by atoms with van der Waals surface area (Å²) in [4.78, 5) is 24.1. The van der Waals surface area contributed by atoms with E-state index in [9.17, 15) is 9.59 Å². The summed E-state index contributed by atoms with van der Waals surface area (Å²) in [6.45, 7) is 3.95. The Balaban J connectivity index is 2.02. The fourth-order valence-corrected chi connectivity index (χ4v) is 2.52. The molecular formula is C18H18N2O4. The van der Waals surface area contributed by atoms with E-state index in [-0.39, 0.29) is 17.2 Å². The number of nitrogens with one attached hydrogen (secondary N) is 1. The van der Waals surface area contributed by atoms with Crippen molar-refractivity contribution >= 4 is 28.5 Å². The van der Waals surface area contributed by atoms with E-state index >= 15 is 0 Å². The Morgan fingerprint density at radius 1 is 1.08 bits per heavy atom. The lowest BCUT2D eigenvalue weighted by atomic mass is 10.1. The van der Waals surface area contributed by atoms with Gasteiger partial charge in [0.2, 0.25) is 5.76 Å². The standard InChI is InChI=1S/C18H18N2O4/c1-3-10-5-7-12-14(9-10)24-16(17(19)21)15(12)20-18(22)13-8-6-11(4-2)23-13/h5-9H,3-4H2,1-2H3,(H2,19,21)(H,20,22). The molecule has 2 heterocycles. The lowest BCUT2D eigenvalue weighted by Crippen LogP contribution is -2.16. The van der Waals surface area contributed by atoms with Crippen molar-refractivity contribution in [1.29, 1.82) is 0 Å². The van der Waals surface area contributed by atoms with Crippen LogP contribution >= 0.6 is 0 Å². The predicted octanol–water partition coefficient (Wildman–Crippen LogP) is 3.50. The molecule has 0 aliphatic carbocycles. The number of primary amides is 1. The van der Waals surface area contributed by atoms with Gasteiger partial charge in [0.15, 0.2) is 5.76 Å². The number of hydrogen-bond acceptors (Lipinski definition) is 4. The van der Waals surface area contributed by atoms with Crippen LogP contribution in [0.25, 0.3) is 11.0 Å². The molecule has 0 bridgehead atoms. The molecule has 24 heavy (non-hydrogen) atoms. The van der Waals surface area contributed by atoms with Crippen LogP contribution < -0.4 is 11.1 Å². The quantitative estimate of drug-likeness (QED) is 0.749. The number of aryl methyl sites for hydroxylation is 2. The first kappa shape index (κ1) is 15.9. The molecule has 0 fully saturated rings. The highest BCUT2D eigenvalue weighted by atomic mass is 16.4. The molecular weight excluding hydrogens is 308 g/mol. The third kappa shape index (κ3) is 2.78. The first-order chi connectivity index (χ1) is 11.5. The Hall–Kier alpha value is -3.02. The van der Waals surface area contributed by atoms with Gasteiger partial charge in [-0.05, 0) is 36.2 Å². The molecule has 0 saturated carbocycles. The summed E-state index contributed by atoms with van der Waals surface area (Å²) in [7, 11) is 0. The number of fused-ring (bicyclic) bond motifs is 1. The van der Waals surface area contributed by atoms with Gasteiger partial charge in [-0.15, -0.1) is 0 Å². The molecule has 3 rings (SSSR count). The van der Waals surface area contributed by atoms with E-state index in [2.05, 4.69) is 5.32 Å². The van der Waals surface area contributed by atoms with Crippen LogP contribution in [-0.2, 0) is 12.8 Å². The molecule has 0 atom stereocenters. The van der Waals surface area contributed by atoms with Crippen molar-refractivity contribution in [3.8, 4) is 0 Å². The van der Waals surface area contributed by atoms with E-state index in [1.165, 1.54) is 0 Å². The summed E-state index contributed by atoms with van der Waals surface area (Å²) in [6.07, 6.45) is 1.52. The summed E-state index contributed by atoms with van der Waals surface area (Å²) in [5.74, 6) is -0.400. The number of rotatable bonds is 5. The Kier molecular flexibility index (Phi) is 4.12. The van der Waals surface area contributed by atoms with E-state index in [4.69, 9.17) is 14.6 Å². The van der Waals surface area contributed by atoms with Gasteiger partial charge in [-0.1, -0.05) is 19.9 Å². The lowest BCUT2D eigenvalue weighted by Gasteiger charge is -2.03. The normalized spacial score (nSPS) is 10.9. The number of benzene rings is 1. The van der Waals surface area contributed by atoms with Crippen molar-refractivity contribution in [3.63, 3.8) is 0 Å². The lowest BCUT2D eigenvalue weighted by molar-refractivity contribution is 0.0977. The van der Waals surface area contributed by atoms with Gasteiger partial charge in [0.1, 0.15) is 17.0 Å². The van der Waals surface area contributed by atoms with E-state index in [0.717, 1.165) is 12.0 Å². The maximum Gasteiger partial charge on any atom is 0.291 e. The van der Waals surface area contributed by atoms with Crippen molar-refractivity contribution in [2.24, 2.45) is 5.73 Å². The van der Waals surface area contributed by atoms with Crippen molar-refractivity contribution in [2.45, 2.75) is 26.7 Å². The first-order valence-corrected chi connectivity index (χ1v) is 7.78. The molecule has 0 aliphatic rings. The van der Waals surface area contributed by atoms with Gasteiger partial charge in [-0.2, -0.15) is 0 Å². The molecule has 3 aromatic rings. The van der Waals surface area contributed by atoms with Gasteiger partial charge in [0, 0.05) is 11.8 Å². The molecule has 2 aromatic heterocycles. The minimum absolute atomic E-state index is 0.0751. The van der Waals surface area contributed by atoms with Crippen molar-refractivity contribution in [1.82, 2.24) is 0 Å². The molecule has 6 nitrogen and oxygen atoms in total. The second-order valence-electron chi connectivity index (χ2n) is 5.43. The predicted molar refractivity (Wildman–Crippen MR) is 90.1 cm³/mol. The molecule has 6 heteroatoms. The topological polar surface area (TPSA) is 98.5 Å². The summed E-state index contributed by atoms with van der Waals surface area (Å²) in [5.41, 5.74) is 7.21. The first-order valence-electron chi connectivity index (χ1n) is 7.78. The van der Waals surface area contributed by atoms with Crippen molar-refractivity contribution in [3.05, 3.63) is 53.2 Å². The van der Waals surface area contributed by atoms with Gasteiger partial charge in [-0.25, -0.2) is 0 Å². The molecule has 0 saturated heterocycles. The van der Waals surface area contributed by atoms with E-state index < -0.39 is 11.8 Å². The van der Waals surface area contributed by atoms with Crippen LogP contribution in [0.5, 0.6) is 0 Å². The number of furan rings is 2. The van der Waals surface area contributed by atoms with Crippen LogP contribution in [0.1, 0.15) is 46.3 Å². The van der Waals surface area contributed by atoms with Crippen LogP contribution in [-0.4, -0.2) is 11.8 Å². The molecule has 3 N–H and O–H groups in total. The maximum atomic E-state index is 12.4. The highest BCUT2D eigenvalue weighted by Gasteiger charge is 2.22. The fourth-order valence-electron chi connectivity index (χ4n) is 2.52. The van der Waals surface area contributed by atoms with Gasteiger partial charge >= 0.3 is 0 Å². The minimum atomic E-state index is -0.742. The second-order valence-corrected chi connectivity index (χ2v) is 5.43. The van der Waals surface area contributed by atoms with Gasteiger partial charge in [-0.3, -0.25) is 9.59 Å². The van der Waals surface area contributed by atoms with Gasteiger partial charge in [0.05, 0.1) is 0 Å². The molecule has 0 radical (unpaired) electrons. The SMILES string of the molecule is CCc1ccc2c(NC(=O)c3ccc(CC)o3)c(C(N)=O)oc2c1. The fraction of sp³-hybridized carbons (Fsp3) is 0.222. The summed E-state index contributed by atoms with van der Waals surface area (Å²) < 4.78 is 11.0. The minimum Gasteiger partial charge on any atom is -0.456 e. The summed E-state index contributed by atoms with van der Waals surface area (Å²) in [5, 5.41) is 3.30. The van der Waals surface area contributed by atoms with Crippen LogP contribution in [0.15, 0.2) is 39.2 Å².